The number of ether oxygens (including phenoxy) is 1. The van der Waals surface area contributed by atoms with Gasteiger partial charge in [0.15, 0.2) is 11.6 Å². The van der Waals surface area contributed by atoms with Gasteiger partial charge in [0, 0.05) is 11.6 Å². The third kappa shape index (κ3) is 2.55. The summed E-state index contributed by atoms with van der Waals surface area (Å²) in [6.07, 6.45) is -0.612. The second-order valence-corrected chi connectivity index (χ2v) is 3.38. The zero-order valence-corrected chi connectivity index (χ0v) is 9.21. The molecule has 0 bridgehead atoms. The molecule has 0 aromatic heterocycles. The molecule has 0 unspecified atom stereocenters. The normalized spacial score (nSPS) is 10.2. The molecule has 1 aromatic rings. The van der Waals surface area contributed by atoms with E-state index in [1.165, 1.54) is 0 Å². The van der Waals surface area contributed by atoms with E-state index in [4.69, 9.17) is 21.4 Å². The average molecular weight is 249 g/mol. The lowest BCUT2D eigenvalue weighted by Gasteiger charge is -2.11. The molecule has 1 rings (SSSR count). The summed E-state index contributed by atoms with van der Waals surface area (Å²) in [5, 5.41) is 17.7. The van der Waals surface area contributed by atoms with Gasteiger partial charge in [0.05, 0.1) is 18.1 Å². The number of phenolic OH excluding ortho intramolecular Hbond substituents is 1. The summed E-state index contributed by atoms with van der Waals surface area (Å²) in [6, 6.07) is 1.02. The molecule has 0 saturated heterocycles. The third-order valence-electron chi connectivity index (χ3n) is 1.87. The molecule has 0 aliphatic carbocycles. The first-order chi connectivity index (χ1) is 7.47. The fourth-order valence-corrected chi connectivity index (χ4v) is 1.48. The summed E-state index contributed by atoms with van der Waals surface area (Å²) >= 11 is 5.77. The number of rotatable bonds is 4. The van der Waals surface area contributed by atoms with Gasteiger partial charge >= 0.3 is 5.97 Å². The number of carboxylic acids is 1. The van der Waals surface area contributed by atoms with Crippen LogP contribution in [-0.4, -0.2) is 22.8 Å². The highest BCUT2D eigenvalue weighted by molar-refractivity contribution is 6.33. The van der Waals surface area contributed by atoms with Crippen molar-refractivity contribution in [3.05, 3.63) is 22.5 Å². The smallest absolute Gasteiger partial charge is 0.307 e. The highest BCUT2D eigenvalue weighted by Crippen LogP contribution is 2.36. The maximum absolute atomic E-state index is 13.4. The van der Waals surface area contributed by atoms with Crippen LogP contribution in [0.2, 0.25) is 5.02 Å². The van der Waals surface area contributed by atoms with Gasteiger partial charge in [0.1, 0.15) is 5.75 Å². The number of carbonyl (C=O) groups is 1. The van der Waals surface area contributed by atoms with E-state index < -0.39 is 24.0 Å². The minimum atomic E-state index is -1.24. The van der Waals surface area contributed by atoms with E-state index in [1.807, 2.05) is 0 Å². The second-order valence-electron chi connectivity index (χ2n) is 3.00. The Labute approximate surface area is 96.2 Å². The maximum Gasteiger partial charge on any atom is 0.307 e. The number of benzene rings is 1. The molecule has 88 valence electrons. The van der Waals surface area contributed by atoms with Gasteiger partial charge in [-0.15, -0.1) is 0 Å². The SMILES string of the molecule is CCOc1cc(O)c(F)c(CC(=O)O)c1Cl. The largest absolute Gasteiger partial charge is 0.505 e. The highest BCUT2D eigenvalue weighted by Gasteiger charge is 2.19. The van der Waals surface area contributed by atoms with Crippen molar-refractivity contribution in [3.8, 4) is 11.5 Å². The molecule has 0 aliphatic heterocycles. The van der Waals surface area contributed by atoms with Gasteiger partial charge in [-0.3, -0.25) is 4.79 Å². The van der Waals surface area contributed by atoms with Gasteiger partial charge in [0.25, 0.3) is 0 Å². The van der Waals surface area contributed by atoms with Crippen LogP contribution in [0.5, 0.6) is 11.5 Å². The van der Waals surface area contributed by atoms with Gasteiger partial charge in [0.2, 0.25) is 0 Å². The molecule has 4 nitrogen and oxygen atoms in total. The molecule has 0 heterocycles. The Balaban J connectivity index is 3.27. The summed E-state index contributed by atoms with van der Waals surface area (Å²) in [6.45, 7) is 1.96. The molecule has 2 N–H and O–H groups in total. The number of aliphatic carboxylic acids is 1. The lowest BCUT2D eigenvalue weighted by atomic mass is 10.1. The van der Waals surface area contributed by atoms with E-state index in [1.54, 1.807) is 6.92 Å². The quantitative estimate of drug-likeness (QED) is 0.857. The fourth-order valence-electron chi connectivity index (χ4n) is 1.22. The first kappa shape index (κ1) is 12.6. The number of hydrogen-bond acceptors (Lipinski definition) is 3. The zero-order valence-electron chi connectivity index (χ0n) is 8.46. The summed E-state index contributed by atoms with van der Waals surface area (Å²) in [5.41, 5.74) is -0.280. The van der Waals surface area contributed by atoms with Gasteiger partial charge < -0.3 is 14.9 Å². The van der Waals surface area contributed by atoms with E-state index in [0.717, 1.165) is 6.07 Å². The predicted molar refractivity (Wildman–Crippen MR) is 55.6 cm³/mol. The Kier molecular flexibility index (Phi) is 3.95. The van der Waals surface area contributed by atoms with Crippen LogP contribution < -0.4 is 4.74 Å². The van der Waals surface area contributed by atoms with E-state index in [0.29, 0.717) is 0 Å². The standard InChI is InChI=1S/C10H10ClFO4/c1-2-16-7-4-6(13)10(12)5(9(7)11)3-8(14)15/h4,13H,2-3H2,1H3,(H,14,15). The van der Waals surface area contributed by atoms with Crippen molar-refractivity contribution in [1.29, 1.82) is 0 Å². The first-order valence-electron chi connectivity index (χ1n) is 4.51. The molecule has 0 spiro atoms. The molecule has 0 radical (unpaired) electrons. The zero-order chi connectivity index (χ0) is 12.3. The Morgan fingerprint density at radius 3 is 2.75 bits per heavy atom. The molecule has 0 amide bonds. The summed E-state index contributed by atoms with van der Waals surface area (Å²) < 4.78 is 18.4. The van der Waals surface area contributed by atoms with Crippen LogP contribution in [0.25, 0.3) is 0 Å². The number of aromatic hydroxyl groups is 1. The third-order valence-corrected chi connectivity index (χ3v) is 2.28. The van der Waals surface area contributed by atoms with Crippen molar-refractivity contribution in [2.24, 2.45) is 0 Å². The Morgan fingerprint density at radius 1 is 1.62 bits per heavy atom. The van der Waals surface area contributed by atoms with Crippen LogP contribution in [-0.2, 0) is 11.2 Å². The van der Waals surface area contributed by atoms with E-state index in [-0.39, 0.29) is 22.9 Å². The van der Waals surface area contributed by atoms with Gasteiger partial charge in [-0.1, -0.05) is 11.6 Å². The van der Waals surface area contributed by atoms with Crippen LogP contribution in [0.1, 0.15) is 12.5 Å². The Hall–Kier alpha value is -1.49. The Bertz CT molecular complexity index is 420. The van der Waals surface area contributed by atoms with Crippen LogP contribution in [0, 0.1) is 5.82 Å². The minimum absolute atomic E-state index is 0.0688. The molecule has 0 atom stereocenters. The Morgan fingerprint density at radius 2 is 2.25 bits per heavy atom. The van der Waals surface area contributed by atoms with Crippen LogP contribution >= 0.6 is 11.6 Å². The number of carboxylic acid groups (broad SMARTS) is 1. The van der Waals surface area contributed by atoms with Crippen LogP contribution in [0.15, 0.2) is 6.07 Å². The van der Waals surface area contributed by atoms with E-state index in [2.05, 4.69) is 0 Å². The highest BCUT2D eigenvalue weighted by atomic mass is 35.5. The van der Waals surface area contributed by atoms with Crippen molar-refractivity contribution in [3.63, 3.8) is 0 Å². The molecule has 6 heteroatoms. The predicted octanol–water partition coefficient (Wildman–Crippen LogP) is 2.21. The average Bonchev–Trinajstić information content (AvgIpc) is 2.21. The van der Waals surface area contributed by atoms with Crippen molar-refractivity contribution in [2.75, 3.05) is 6.61 Å². The first-order valence-corrected chi connectivity index (χ1v) is 4.89. The topological polar surface area (TPSA) is 66.8 Å². The molecule has 16 heavy (non-hydrogen) atoms. The molecule has 1 aromatic carbocycles. The van der Waals surface area contributed by atoms with Crippen molar-refractivity contribution in [1.82, 2.24) is 0 Å². The second kappa shape index (κ2) is 5.03. The van der Waals surface area contributed by atoms with E-state index >= 15 is 0 Å². The van der Waals surface area contributed by atoms with Crippen molar-refractivity contribution >= 4 is 17.6 Å². The summed E-state index contributed by atoms with van der Waals surface area (Å²) in [7, 11) is 0. The van der Waals surface area contributed by atoms with Gasteiger partial charge in [-0.2, -0.15) is 0 Å². The number of hydrogen-bond donors (Lipinski definition) is 2. The lowest BCUT2D eigenvalue weighted by molar-refractivity contribution is -0.136. The van der Waals surface area contributed by atoms with Gasteiger partial charge in [-0.05, 0) is 6.92 Å². The summed E-state index contributed by atoms with van der Waals surface area (Å²) in [4.78, 5) is 10.5. The molecule has 0 fully saturated rings. The van der Waals surface area contributed by atoms with Crippen molar-refractivity contribution in [2.45, 2.75) is 13.3 Å². The maximum atomic E-state index is 13.4. The molecular weight excluding hydrogens is 239 g/mol. The minimum Gasteiger partial charge on any atom is -0.505 e. The molecular formula is C10H10ClFO4. The van der Waals surface area contributed by atoms with Crippen LogP contribution in [0.3, 0.4) is 0 Å². The lowest BCUT2D eigenvalue weighted by Crippen LogP contribution is -2.05. The monoisotopic (exact) mass is 248 g/mol. The molecule has 0 saturated carbocycles. The van der Waals surface area contributed by atoms with E-state index in [9.17, 15) is 14.3 Å². The molecule has 0 aliphatic rings. The number of halogens is 2. The fraction of sp³-hybridized carbons (Fsp3) is 0.300. The number of phenols is 1. The van der Waals surface area contributed by atoms with Crippen LogP contribution in [0.4, 0.5) is 4.39 Å². The van der Waals surface area contributed by atoms with Crippen molar-refractivity contribution < 1.29 is 24.1 Å². The van der Waals surface area contributed by atoms with Gasteiger partial charge in [-0.25, -0.2) is 4.39 Å². The summed E-state index contributed by atoms with van der Waals surface area (Å²) in [5.74, 6) is -2.88.